The van der Waals surface area contributed by atoms with E-state index in [1.807, 2.05) is 6.92 Å². The van der Waals surface area contributed by atoms with Crippen molar-refractivity contribution in [2.75, 3.05) is 16.2 Å². The number of hydrogen-bond acceptors (Lipinski definition) is 3. The third kappa shape index (κ3) is 5.85. The van der Waals surface area contributed by atoms with Gasteiger partial charge in [-0.05, 0) is 56.3 Å². The van der Waals surface area contributed by atoms with Crippen LogP contribution in [0.15, 0.2) is 71.6 Å². The molecular weight excluding hydrogens is 477 g/mol. The Morgan fingerprint density at radius 2 is 1.48 bits per heavy atom. The summed E-state index contributed by atoms with van der Waals surface area (Å²) in [5, 5.41) is 1.98. The molecule has 0 spiro atoms. The van der Waals surface area contributed by atoms with Gasteiger partial charge in [0.05, 0.1) is 21.2 Å². The van der Waals surface area contributed by atoms with E-state index in [1.54, 1.807) is 43.3 Å². The lowest BCUT2D eigenvalue weighted by Gasteiger charge is -2.25. The van der Waals surface area contributed by atoms with E-state index in [4.69, 9.17) is 11.6 Å². The Balaban J connectivity index is 2.04. The van der Waals surface area contributed by atoms with E-state index in [1.165, 1.54) is 12.1 Å². The average Bonchev–Trinajstić information content (AvgIpc) is 2.73. The first-order valence-corrected chi connectivity index (χ1v) is 11.5. The van der Waals surface area contributed by atoms with Gasteiger partial charge in [0.25, 0.3) is 10.0 Å². The maximum atomic E-state index is 13.4. The Kier molecular flexibility index (Phi) is 7.04. The molecule has 0 atom stereocenters. The molecule has 1 amide bonds. The number of nitrogens with zero attached hydrogens (tertiary/aromatic N) is 1. The highest BCUT2D eigenvalue weighted by atomic mass is 35.5. The fraction of sp³-hybridized carbons (Fsp3) is 0.174. The number of anilines is 2. The zero-order chi connectivity index (χ0) is 24.4. The van der Waals surface area contributed by atoms with Gasteiger partial charge in [-0.15, -0.1) is 0 Å². The summed E-state index contributed by atoms with van der Waals surface area (Å²) in [5.41, 5.74) is 0.627. The van der Waals surface area contributed by atoms with E-state index in [2.05, 4.69) is 5.32 Å². The minimum absolute atomic E-state index is 0.167. The standard InChI is InChI=1S/C23H20ClF3N2O3S/c1-15-3-7-17(8-4-15)28-22(30)14-29(33(31,32)19-10-5-16(2)6-11-19)18-9-12-21(24)20(13-18)23(25,26)27/h3-13H,14H2,1-2H3,(H,28,30). The van der Waals surface area contributed by atoms with Crippen molar-refractivity contribution in [2.24, 2.45) is 0 Å². The number of aryl methyl sites for hydroxylation is 2. The summed E-state index contributed by atoms with van der Waals surface area (Å²) in [4.78, 5) is 12.5. The van der Waals surface area contributed by atoms with Crippen molar-refractivity contribution in [3.05, 3.63) is 88.4 Å². The van der Waals surface area contributed by atoms with Crippen LogP contribution in [0.2, 0.25) is 5.02 Å². The first-order valence-electron chi connectivity index (χ1n) is 9.70. The molecule has 3 aromatic carbocycles. The van der Waals surface area contributed by atoms with Crippen molar-refractivity contribution in [3.63, 3.8) is 0 Å². The molecule has 33 heavy (non-hydrogen) atoms. The fourth-order valence-electron chi connectivity index (χ4n) is 3.01. The van der Waals surface area contributed by atoms with Crippen molar-refractivity contribution in [1.29, 1.82) is 0 Å². The zero-order valence-electron chi connectivity index (χ0n) is 17.7. The molecular formula is C23H20ClF3N2O3S. The van der Waals surface area contributed by atoms with E-state index in [0.717, 1.165) is 23.3 Å². The van der Waals surface area contributed by atoms with Gasteiger partial charge in [-0.25, -0.2) is 8.42 Å². The predicted molar refractivity (Wildman–Crippen MR) is 122 cm³/mol. The summed E-state index contributed by atoms with van der Waals surface area (Å²) in [6, 6.07) is 15.3. The maximum Gasteiger partial charge on any atom is 0.417 e. The quantitative estimate of drug-likeness (QED) is 0.468. The molecule has 0 radical (unpaired) electrons. The summed E-state index contributed by atoms with van der Waals surface area (Å²) in [5.74, 6) is -0.724. The van der Waals surface area contributed by atoms with Crippen LogP contribution in [0.5, 0.6) is 0 Å². The number of sulfonamides is 1. The van der Waals surface area contributed by atoms with Crippen molar-refractivity contribution in [2.45, 2.75) is 24.9 Å². The Morgan fingerprint density at radius 3 is 2.03 bits per heavy atom. The average molecular weight is 497 g/mol. The summed E-state index contributed by atoms with van der Waals surface area (Å²) >= 11 is 5.69. The SMILES string of the molecule is Cc1ccc(NC(=O)CN(c2ccc(Cl)c(C(F)(F)F)c2)S(=O)(=O)c2ccc(C)cc2)cc1. The number of amides is 1. The van der Waals surface area contributed by atoms with Crippen molar-refractivity contribution in [1.82, 2.24) is 0 Å². The summed E-state index contributed by atoms with van der Waals surface area (Å²) in [7, 11) is -4.38. The minimum Gasteiger partial charge on any atom is -0.325 e. The highest BCUT2D eigenvalue weighted by Gasteiger charge is 2.35. The van der Waals surface area contributed by atoms with Crippen LogP contribution in [0.25, 0.3) is 0 Å². The second-order valence-corrected chi connectivity index (χ2v) is 9.67. The molecule has 0 aliphatic rings. The van der Waals surface area contributed by atoms with E-state index in [0.29, 0.717) is 16.1 Å². The number of halogens is 4. The van der Waals surface area contributed by atoms with Crippen molar-refractivity contribution >= 4 is 38.9 Å². The zero-order valence-corrected chi connectivity index (χ0v) is 19.2. The van der Waals surface area contributed by atoms with Crippen molar-refractivity contribution < 1.29 is 26.4 Å². The van der Waals surface area contributed by atoms with Gasteiger partial charge in [-0.1, -0.05) is 47.0 Å². The van der Waals surface area contributed by atoms with Crippen LogP contribution in [0.1, 0.15) is 16.7 Å². The van der Waals surface area contributed by atoms with E-state index >= 15 is 0 Å². The largest absolute Gasteiger partial charge is 0.417 e. The molecule has 0 unspecified atom stereocenters. The van der Waals surface area contributed by atoms with Crippen LogP contribution in [-0.4, -0.2) is 20.9 Å². The van der Waals surface area contributed by atoms with Crippen LogP contribution in [-0.2, 0) is 21.0 Å². The Hall–Kier alpha value is -3.04. The molecule has 1 N–H and O–H groups in total. The molecule has 0 saturated heterocycles. The van der Waals surface area contributed by atoms with Crippen molar-refractivity contribution in [3.8, 4) is 0 Å². The number of benzene rings is 3. The second-order valence-electron chi connectivity index (χ2n) is 7.40. The lowest BCUT2D eigenvalue weighted by atomic mass is 10.2. The molecule has 3 rings (SSSR count). The first-order chi connectivity index (χ1) is 15.4. The molecule has 174 valence electrons. The monoisotopic (exact) mass is 496 g/mol. The molecule has 0 saturated carbocycles. The van der Waals surface area contributed by atoms with Crippen LogP contribution < -0.4 is 9.62 Å². The first kappa shape index (κ1) is 24.6. The van der Waals surface area contributed by atoms with Crippen LogP contribution in [0.3, 0.4) is 0 Å². The molecule has 0 fully saturated rings. The topological polar surface area (TPSA) is 66.5 Å². The van der Waals surface area contributed by atoms with Gasteiger partial charge < -0.3 is 5.32 Å². The van der Waals surface area contributed by atoms with Gasteiger partial charge in [0.1, 0.15) is 6.54 Å². The normalized spacial score (nSPS) is 11.8. The Morgan fingerprint density at radius 1 is 0.939 bits per heavy atom. The fourth-order valence-corrected chi connectivity index (χ4v) is 4.64. The Bertz CT molecular complexity index is 1260. The van der Waals surface area contributed by atoms with Gasteiger partial charge >= 0.3 is 6.18 Å². The summed E-state index contributed by atoms with van der Waals surface area (Å²) < 4.78 is 67.6. The molecule has 0 aliphatic carbocycles. The van der Waals surface area contributed by atoms with Crippen LogP contribution in [0.4, 0.5) is 24.5 Å². The third-order valence-electron chi connectivity index (χ3n) is 4.77. The van der Waals surface area contributed by atoms with Gasteiger partial charge in [0.2, 0.25) is 5.91 Å². The van der Waals surface area contributed by atoms with E-state index in [9.17, 15) is 26.4 Å². The highest BCUT2D eigenvalue weighted by Crippen LogP contribution is 2.38. The Labute approximate surface area is 194 Å². The molecule has 0 bridgehead atoms. The lowest BCUT2D eigenvalue weighted by Crippen LogP contribution is -2.38. The van der Waals surface area contributed by atoms with Gasteiger partial charge in [-0.3, -0.25) is 9.10 Å². The molecule has 0 aliphatic heterocycles. The molecule has 0 aromatic heterocycles. The van der Waals surface area contributed by atoms with E-state index in [-0.39, 0.29) is 10.6 Å². The second kappa shape index (κ2) is 9.44. The van der Waals surface area contributed by atoms with E-state index < -0.39 is 39.2 Å². The van der Waals surface area contributed by atoms with Crippen LogP contribution >= 0.6 is 11.6 Å². The third-order valence-corrected chi connectivity index (χ3v) is 6.89. The van der Waals surface area contributed by atoms with Gasteiger partial charge in [0, 0.05) is 5.69 Å². The molecule has 10 heteroatoms. The highest BCUT2D eigenvalue weighted by molar-refractivity contribution is 7.92. The maximum absolute atomic E-state index is 13.4. The predicted octanol–water partition coefficient (Wildman–Crippen LogP) is 5.81. The number of rotatable bonds is 6. The lowest BCUT2D eigenvalue weighted by molar-refractivity contribution is -0.137. The number of nitrogens with one attached hydrogen (secondary N) is 1. The number of carbonyl (C=O) groups excluding carboxylic acids is 1. The smallest absolute Gasteiger partial charge is 0.325 e. The minimum atomic E-state index is -4.81. The summed E-state index contributed by atoms with van der Waals surface area (Å²) in [6.07, 6.45) is -4.81. The summed E-state index contributed by atoms with van der Waals surface area (Å²) in [6.45, 7) is 2.88. The molecule has 0 heterocycles. The van der Waals surface area contributed by atoms with Gasteiger partial charge in [0.15, 0.2) is 0 Å². The number of alkyl halides is 3. The molecule has 5 nitrogen and oxygen atoms in total. The van der Waals surface area contributed by atoms with Gasteiger partial charge in [-0.2, -0.15) is 13.2 Å². The van der Waals surface area contributed by atoms with Crippen LogP contribution in [0, 0.1) is 13.8 Å². The number of carbonyl (C=O) groups is 1. The number of hydrogen-bond donors (Lipinski definition) is 1. The molecule has 3 aromatic rings.